The van der Waals surface area contributed by atoms with Gasteiger partial charge in [-0.05, 0) is 40.9 Å². The molecule has 0 atom stereocenters. The van der Waals surface area contributed by atoms with Crippen molar-refractivity contribution >= 4 is 21.6 Å². The standard InChI is InChI=1S/C12H14BrN3/c13-11-5-4-6-12(10(11)9-14)15-16-7-2-1-3-8-16/h4-6,15H,1-3,7-8H2. The van der Waals surface area contributed by atoms with E-state index < -0.39 is 0 Å². The van der Waals surface area contributed by atoms with E-state index >= 15 is 0 Å². The Hall–Kier alpha value is -1.05. The second kappa shape index (κ2) is 5.33. The van der Waals surface area contributed by atoms with E-state index in [0.717, 1.165) is 23.2 Å². The van der Waals surface area contributed by atoms with Crippen LogP contribution >= 0.6 is 15.9 Å². The first-order valence-corrected chi connectivity index (χ1v) is 6.31. The molecule has 84 valence electrons. The van der Waals surface area contributed by atoms with E-state index in [1.165, 1.54) is 19.3 Å². The van der Waals surface area contributed by atoms with Crippen molar-refractivity contribution in [3.8, 4) is 6.07 Å². The molecular weight excluding hydrogens is 266 g/mol. The second-order valence-electron chi connectivity index (χ2n) is 3.93. The van der Waals surface area contributed by atoms with Crippen LogP contribution in [0, 0.1) is 11.3 Å². The highest BCUT2D eigenvalue weighted by atomic mass is 79.9. The Morgan fingerprint density at radius 1 is 1.25 bits per heavy atom. The Balaban J connectivity index is 2.14. The van der Waals surface area contributed by atoms with Crippen LogP contribution in [0.5, 0.6) is 0 Å². The van der Waals surface area contributed by atoms with Crippen molar-refractivity contribution in [1.29, 1.82) is 5.26 Å². The number of nitrogens with zero attached hydrogens (tertiary/aromatic N) is 2. The molecular formula is C12H14BrN3. The van der Waals surface area contributed by atoms with Crippen molar-refractivity contribution in [3.05, 3.63) is 28.2 Å². The number of rotatable bonds is 2. The van der Waals surface area contributed by atoms with Crippen LogP contribution < -0.4 is 5.43 Å². The first kappa shape index (κ1) is 11.4. The van der Waals surface area contributed by atoms with Gasteiger partial charge in [0.05, 0.1) is 11.3 Å². The second-order valence-corrected chi connectivity index (χ2v) is 4.79. The molecule has 1 aromatic carbocycles. The topological polar surface area (TPSA) is 39.1 Å². The third-order valence-corrected chi connectivity index (χ3v) is 3.42. The Morgan fingerprint density at radius 3 is 2.69 bits per heavy atom. The number of benzene rings is 1. The fourth-order valence-corrected chi connectivity index (χ4v) is 2.36. The third-order valence-electron chi connectivity index (χ3n) is 2.76. The van der Waals surface area contributed by atoms with Gasteiger partial charge in [-0.3, -0.25) is 0 Å². The van der Waals surface area contributed by atoms with Crippen LogP contribution in [0.25, 0.3) is 0 Å². The molecule has 0 spiro atoms. The van der Waals surface area contributed by atoms with Crippen LogP contribution in [-0.4, -0.2) is 18.1 Å². The Bertz CT molecular complexity index is 405. The third kappa shape index (κ3) is 2.55. The molecule has 0 aliphatic carbocycles. The minimum absolute atomic E-state index is 0.674. The molecule has 16 heavy (non-hydrogen) atoms. The van der Waals surface area contributed by atoms with E-state index in [1.54, 1.807) is 0 Å². The van der Waals surface area contributed by atoms with E-state index in [0.29, 0.717) is 5.56 Å². The molecule has 1 aliphatic heterocycles. The van der Waals surface area contributed by atoms with Gasteiger partial charge in [-0.15, -0.1) is 0 Å². The quantitative estimate of drug-likeness (QED) is 0.904. The lowest BCUT2D eigenvalue weighted by Gasteiger charge is -2.28. The number of piperidine rings is 1. The van der Waals surface area contributed by atoms with Gasteiger partial charge in [0.15, 0.2) is 0 Å². The number of nitriles is 1. The number of anilines is 1. The summed E-state index contributed by atoms with van der Waals surface area (Å²) in [5, 5.41) is 11.3. The summed E-state index contributed by atoms with van der Waals surface area (Å²) >= 11 is 3.39. The van der Waals surface area contributed by atoms with Crippen molar-refractivity contribution in [2.24, 2.45) is 0 Å². The number of halogens is 1. The summed E-state index contributed by atoms with van der Waals surface area (Å²) in [7, 11) is 0. The predicted molar refractivity (Wildman–Crippen MR) is 67.9 cm³/mol. The zero-order chi connectivity index (χ0) is 11.4. The summed E-state index contributed by atoms with van der Waals surface area (Å²) in [6, 6.07) is 7.99. The monoisotopic (exact) mass is 279 g/mol. The molecule has 2 rings (SSSR count). The first-order chi connectivity index (χ1) is 7.81. The number of hydrogen-bond acceptors (Lipinski definition) is 3. The maximum absolute atomic E-state index is 9.09. The van der Waals surface area contributed by atoms with Gasteiger partial charge in [0.25, 0.3) is 0 Å². The van der Waals surface area contributed by atoms with Crippen LogP contribution in [0.4, 0.5) is 5.69 Å². The summed E-state index contributed by atoms with van der Waals surface area (Å²) in [5.41, 5.74) is 4.88. The Morgan fingerprint density at radius 2 is 2.00 bits per heavy atom. The highest BCUT2D eigenvalue weighted by Crippen LogP contribution is 2.24. The molecule has 1 heterocycles. The first-order valence-electron chi connectivity index (χ1n) is 5.51. The minimum Gasteiger partial charge on any atom is -0.317 e. The molecule has 1 aromatic rings. The van der Waals surface area contributed by atoms with Gasteiger partial charge in [-0.2, -0.15) is 5.26 Å². The van der Waals surface area contributed by atoms with Gasteiger partial charge in [0.2, 0.25) is 0 Å². The minimum atomic E-state index is 0.674. The van der Waals surface area contributed by atoms with E-state index in [1.807, 2.05) is 18.2 Å². The molecule has 0 unspecified atom stereocenters. The smallest absolute Gasteiger partial charge is 0.103 e. The molecule has 1 fully saturated rings. The molecule has 0 bridgehead atoms. The number of nitrogens with one attached hydrogen (secondary N) is 1. The van der Waals surface area contributed by atoms with Crippen LogP contribution in [-0.2, 0) is 0 Å². The largest absolute Gasteiger partial charge is 0.317 e. The van der Waals surface area contributed by atoms with E-state index in [9.17, 15) is 0 Å². The molecule has 4 heteroatoms. The average Bonchev–Trinajstić information content (AvgIpc) is 2.31. The molecule has 0 radical (unpaired) electrons. The summed E-state index contributed by atoms with van der Waals surface area (Å²) < 4.78 is 0.844. The van der Waals surface area contributed by atoms with Gasteiger partial charge in [-0.1, -0.05) is 12.5 Å². The highest BCUT2D eigenvalue weighted by Gasteiger charge is 2.12. The lowest BCUT2D eigenvalue weighted by molar-refractivity contribution is 0.273. The van der Waals surface area contributed by atoms with Gasteiger partial charge in [0.1, 0.15) is 6.07 Å². The number of hydrogen-bond donors (Lipinski definition) is 1. The van der Waals surface area contributed by atoms with Crippen molar-refractivity contribution in [1.82, 2.24) is 5.01 Å². The van der Waals surface area contributed by atoms with Crippen molar-refractivity contribution < 1.29 is 0 Å². The van der Waals surface area contributed by atoms with Gasteiger partial charge in [0, 0.05) is 17.6 Å². The lowest BCUT2D eigenvalue weighted by atomic mass is 10.1. The zero-order valence-corrected chi connectivity index (χ0v) is 10.6. The van der Waals surface area contributed by atoms with Crippen LogP contribution in [0.1, 0.15) is 24.8 Å². The Kier molecular flexibility index (Phi) is 3.81. The number of hydrazine groups is 1. The molecule has 1 saturated heterocycles. The summed E-state index contributed by atoms with van der Waals surface area (Å²) in [4.78, 5) is 0. The zero-order valence-electron chi connectivity index (χ0n) is 9.04. The highest BCUT2D eigenvalue weighted by molar-refractivity contribution is 9.10. The van der Waals surface area contributed by atoms with E-state index in [4.69, 9.17) is 5.26 Å². The molecule has 0 amide bonds. The van der Waals surface area contributed by atoms with Crippen molar-refractivity contribution in [2.45, 2.75) is 19.3 Å². The van der Waals surface area contributed by atoms with Crippen LogP contribution in [0.3, 0.4) is 0 Å². The summed E-state index contributed by atoms with van der Waals surface area (Å²) in [6.07, 6.45) is 3.76. The molecule has 0 aromatic heterocycles. The van der Waals surface area contributed by atoms with Crippen molar-refractivity contribution in [2.75, 3.05) is 18.5 Å². The summed E-state index contributed by atoms with van der Waals surface area (Å²) in [6.45, 7) is 2.11. The van der Waals surface area contributed by atoms with E-state index in [-0.39, 0.29) is 0 Å². The normalized spacial score (nSPS) is 16.8. The average molecular weight is 280 g/mol. The fraction of sp³-hybridized carbons (Fsp3) is 0.417. The van der Waals surface area contributed by atoms with Gasteiger partial charge in [-0.25, -0.2) is 5.01 Å². The van der Waals surface area contributed by atoms with E-state index in [2.05, 4.69) is 32.4 Å². The Labute approximate surface area is 104 Å². The fourth-order valence-electron chi connectivity index (χ4n) is 1.91. The van der Waals surface area contributed by atoms with Crippen LogP contribution in [0.15, 0.2) is 22.7 Å². The van der Waals surface area contributed by atoms with Gasteiger partial charge < -0.3 is 5.43 Å². The maximum Gasteiger partial charge on any atom is 0.103 e. The SMILES string of the molecule is N#Cc1c(Br)cccc1NN1CCCCC1. The lowest BCUT2D eigenvalue weighted by Crippen LogP contribution is -2.35. The van der Waals surface area contributed by atoms with Crippen molar-refractivity contribution in [3.63, 3.8) is 0 Å². The summed E-state index contributed by atoms with van der Waals surface area (Å²) in [5.74, 6) is 0. The molecule has 1 N–H and O–H groups in total. The molecule has 1 aliphatic rings. The predicted octanol–water partition coefficient (Wildman–Crippen LogP) is 3.13. The molecule has 0 saturated carbocycles. The molecule has 3 nitrogen and oxygen atoms in total. The van der Waals surface area contributed by atoms with Crippen LogP contribution in [0.2, 0.25) is 0 Å². The maximum atomic E-state index is 9.09. The van der Waals surface area contributed by atoms with Gasteiger partial charge >= 0.3 is 0 Å².